The van der Waals surface area contributed by atoms with E-state index in [9.17, 15) is 13.6 Å². The minimum absolute atomic E-state index is 0.0663. The molecule has 1 aliphatic rings. The van der Waals surface area contributed by atoms with Crippen LogP contribution in [0.25, 0.3) is 22.0 Å². The third-order valence-electron chi connectivity index (χ3n) is 4.91. The smallest absolute Gasteiger partial charge is 0.261 e. The number of hydrogen-bond donors (Lipinski definition) is 0. The fourth-order valence-electron chi connectivity index (χ4n) is 3.47. The lowest BCUT2D eigenvalue weighted by Crippen LogP contribution is -2.36. The molecule has 0 atom stereocenters. The van der Waals surface area contributed by atoms with E-state index >= 15 is 0 Å². The molecule has 3 nitrogen and oxygen atoms in total. The van der Waals surface area contributed by atoms with E-state index in [-0.39, 0.29) is 16.5 Å². The van der Waals surface area contributed by atoms with Gasteiger partial charge in [-0.25, -0.2) is 13.8 Å². The predicted octanol–water partition coefficient (Wildman–Crippen LogP) is 4.31. The first kappa shape index (κ1) is 15.9. The molecule has 2 heterocycles. The lowest BCUT2D eigenvalue weighted by molar-refractivity contribution is 0.240. The second kappa shape index (κ2) is 5.48. The van der Waals surface area contributed by atoms with Gasteiger partial charge in [-0.05, 0) is 35.6 Å². The molecule has 128 valence electrons. The Labute approximate surface area is 143 Å². The molecular weight excluding hydrogens is 322 g/mol. The minimum Gasteiger partial charge on any atom is -0.296 e. The van der Waals surface area contributed by atoms with Crippen LogP contribution < -0.4 is 5.56 Å². The van der Waals surface area contributed by atoms with Crippen molar-refractivity contribution in [3.63, 3.8) is 0 Å². The molecule has 5 heteroatoms. The monoisotopic (exact) mass is 340 g/mol. The molecule has 1 aliphatic heterocycles. The van der Waals surface area contributed by atoms with Crippen molar-refractivity contribution in [2.45, 2.75) is 33.2 Å². The maximum atomic E-state index is 14.1. The Morgan fingerprint density at radius 2 is 1.96 bits per heavy atom. The fourth-order valence-corrected chi connectivity index (χ4v) is 3.47. The summed E-state index contributed by atoms with van der Waals surface area (Å²) in [7, 11) is 0. The molecule has 2 aromatic carbocycles. The van der Waals surface area contributed by atoms with Crippen LogP contribution in [0.2, 0.25) is 0 Å². The average molecular weight is 340 g/mol. The number of hydrogen-bond acceptors (Lipinski definition) is 2. The lowest BCUT2D eigenvalue weighted by Gasteiger charge is -2.31. The van der Waals surface area contributed by atoms with Crippen LogP contribution in [0.4, 0.5) is 8.78 Å². The Kier molecular flexibility index (Phi) is 3.49. The lowest BCUT2D eigenvalue weighted by atomic mass is 9.85. The van der Waals surface area contributed by atoms with Gasteiger partial charge in [-0.1, -0.05) is 32.0 Å². The summed E-state index contributed by atoms with van der Waals surface area (Å²) in [5, 5.41) is 0.502. The number of aromatic nitrogens is 2. The summed E-state index contributed by atoms with van der Waals surface area (Å²) in [6, 6.07) is 9.03. The molecule has 0 spiro atoms. The van der Waals surface area contributed by atoms with Crippen LogP contribution in [-0.2, 0) is 13.0 Å². The summed E-state index contributed by atoms with van der Waals surface area (Å²) in [4.78, 5) is 17.4. The quantitative estimate of drug-likeness (QED) is 0.661. The number of aryl methyl sites for hydroxylation is 1. The Morgan fingerprint density at radius 3 is 2.76 bits per heavy atom. The maximum Gasteiger partial charge on any atom is 0.261 e. The SMILES string of the molecule is CC1(C)CCc2nc3cc(-c4cccc(F)c4F)ccc3c(=O)n2C1. The zero-order valence-electron chi connectivity index (χ0n) is 14.1. The van der Waals surface area contributed by atoms with Crippen LogP contribution in [0.1, 0.15) is 26.1 Å². The highest BCUT2D eigenvalue weighted by atomic mass is 19.2. The fraction of sp³-hybridized carbons (Fsp3) is 0.300. The normalized spacial score (nSPS) is 16.0. The van der Waals surface area contributed by atoms with Crippen molar-refractivity contribution in [3.05, 3.63) is 64.2 Å². The molecule has 0 bridgehead atoms. The van der Waals surface area contributed by atoms with Gasteiger partial charge in [-0.15, -0.1) is 0 Å². The van der Waals surface area contributed by atoms with Crippen molar-refractivity contribution >= 4 is 10.9 Å². The minimum atomic E-state index is -0.890. The topological polar surface area (TPSA) is 34.9 Å². The van der Waals surface area contributed by atoms with Crippen molar-refractivity contribution in [1.29, 1.82) is 0 Å². The van der Waals surface area contributed by atoms with Crippen LogP contribution in [0.15, 0.2) is 41.2 Å². The van der Waals surface area contributed by atoms with Gasteiger partial charge >= 0.3 is 0 Å². The third-order valence-corrected chi connectivity index (χ3v) is 4.91. The van der Waals surface area contributed by atoms with Crippen LogP contribution in [0.5, 0.6) is 0 Å². The summed E-state index contributed by atoms with van der Waals surface area (Å²) >= 11 is 0. The van der Waals surface area contributed by atoms with E-state index in [0.29, 0.717) is 23.0 Å². The first-order valence-electron chi connectivity index (χ1n) is 8.34. The molecule has 0 saturated carbocycles. The van der Waals surface area contributed by atoms with E-state index in [1.165, 1.54) is 12.1 Å². The van der Waals surface area contributed by atoms with Crippen molar-refractivity contribution in [1.82, 2.24) is 9.55 Å². The number of fused-ring (bicyclic) bond motifs is 2. The van der Waals surface area contributed by atoms with E-state index in [0.717, 1.165) is 24.7 Å². The standard InChI is InChI=1S/C20H18F2N2O/c1-20(2)9-8-17-23-16-10-12(13-4-3-5-15(21)18(13)22)6-7-14(16)19(25)24(17)11-20/h3-7,10H,8-9,11H2,1-2H3. The van der Waals surface area contributed by atoms with Crippen molar-refractivity contribution in [2.24, 2.45) is 5.41 Å². The first-order chi connectivity index (χ1) is 11.9. The van der Waals surface area contributed by atoms with Crippen molar-refractivity contribution < 1.29 is 8.78 Å². The van der Waals surface area contributed by atoms with Crippen molar-refractivity contribution in [3.8, 4) is 11.1 Å². The van der Waals surface area contributed by atoms with E-state index in [2.05, 4.69) is 18.8 Å². The number of benzene rings is 2. The zero-order chi connectivity index (χ0) is 17.8. The molecule has 1 aromatic heterocycles. The summed E-state index contributed by atoms with van der Waals surface area (Å²) in [6.07, 6.45) is 1.69. The molecule has 0 aliphatic carbocycles. The number of nitrogens with zero attached hydrogens (tertiary/aromatic N) is 2. The summed E-state index contributed by atoms with van der Waals surface area (Å²) in [6.45, 7) is 4.93. The average Bonchev–Trinajstić information content (AvgIpc) is 2.57. The molecule has 0 fully saturated rings. The third kappa shape index (κ3) is 2.64. The highest BCUT2D eigenvalue weighted by Gasteiger charge is 2.27. The van der Waals surface area contributed by atoms with Gasteiger partial charge in [0.2, 0.25) is 0 Å². The molecule has 25 heavy (non-hydrogen) atoms. The molecule has 3 aromatic rings. The van der Waals surface area contributed by atoms with Gasteiger partial charge in [0.1, 0.15) is 5.82 Å². The molecule has 0 radical (unpaired) electrons. The Balaban J connectivity index is 1.91. The summed E-state index contributed by atoms with van der Waals surface area (Å²) in [5.41, 5.74) is 1.20. The summed E-state index contributed by atoms with van der Waals surface area (Å²) in [5.74, 6) is -1.02. The van der Waals surface area contributed by atoms with Crippen LogP contribution in [-0.4, -0.2) is 9.55 Å². The molecule has 0 unspecified atom stereocenters. The van der Waals surface area contributed by atoms with Gasteiger partial charge in [0.15, 0.2) is 11.6 Å². The Bertz CT molecular complexity index is 1050. The largest absolute Gasteiger partial charge is 0.296 e. The van der Waals surface area contributed by atoms with Gasteiger partial charge in [0.05, 0.1) is 10.9 Å². The first-order valence-corrected chi connectivity index (χ1v) is 8.34. The molecule has 0 saturated heterocycles. The van der Waals surface area contributed by atoms with Crippen molar-refractivity contribution in [2.75, 3.05) is 0 Å². The highest BCUT2D eigenvalue weighted by Crippen LogP contribution is 2.31. The molecule has 4 rings (SSSR count). The van der Waals surface area contributed by atoms with E-state index < -0.39 is 11.6 Å². The van der Waals surface area contributed by atoms with Crippen LogP contribution in [0, 0.1) is 17.0 Å². The van der Waals surface area contributed by atoms with Gasteiger partial charge in [0, 0.05) is 18.5 Å². The van der Waals surface area contributed by atoms with E-state index in [1.54, 1.807) is 22.8 Å². The van der Waals surface area contributed by atoms with Gasteiger partial charge in [-0.2, -0.15) is 0 Å². The van der Waals surface area contributed by atoms with Crippen LogP contribution in [0.3, 0.4) is 0 Å². The predicted molar refractivity (Wildman–Crippen MR) is 93.5 cm³/mol. The summed E-state index contributed by atoms with van der Waals surface area (Å²) < 4.78 is 29.3. The highest BCUT2D eigenvalue weighted by molar-refractivity contribution is 5.83. The van der Waals surface area contributed by atoms with Gasteiger partial charge in [-0.3, -0.25) is 9.36 Å². The maximum absolute atomic E-state index is 14.1. The van der Waals surface area contributed by atoms with Gasteiger partial charge in [0.25, 0.3) is 5.56 Å². The Hall–Kier alpha value is -2.56. The van der Waals surface area contributed by atoms with E-state index in [4.69, 9.17) is 0 Å². The molecular formula is C20H18F2N2O. The van der Waals surface area contributed by atoms with Crippen LogP contribution >= 0.6 is 0 Å². The second-order valence-corrected chi connectivity index (χ2v) is 7.42. The van der Waals surface area contributed by atoms with Gasteiger partial charge < -0.3 is 0 Å². The molecule has 0 N–H and O–H groups in total. The van der Waals surface area contributed by atoms with E-state index in [1.807, 2.05) is 0 Å². The second-order valence-electron chi connectivity index (χ2n) is 7.42. The number of rotatable bonds is 1. The zero-order valence-corrected chi connectivity index (χ0v) is 14.1. The molecule has 0 amide bonds. The number of halogens is 2. The Morgan fingerprint density at radius 1 is 1.16 bits per heavy atom.